The van der Waals surface area contributed by atoms with Gasteiger partial charge in [0.2, 0.25) is 0 Å². The molecule has 7 heteroatoms. The van der Waals surface area contributed by atoms with Crippen molar-refractivity contribution in [3.05, 3.63) is 82.3 Å². The maximum Gasteiger partial charge on any atom is 0.195 e. The lowest BCUT2D eigenvalue weighted by molar-refractivity contribution is 0.103. The SMILES string of the molecule is Cc1cc2c(nc(C)n2C)c2c1-c1cccc3c(C(=O)c4cc(F)c(N)c(F)c4)cn(c13)CCC2. The van der Waals surface area contributed by atoms with Crippen LogP contribution in [0.1, 0.15) is 39.3 Å². The highest BCUT2D eigenvalue weighted by Crippen LogP contribution is 2.41. The minimum atomic E-state index is -0.935. The van der Waals surface area contributed by atoms with E-state index in [0.717, 1.165) is 69.4 Å². The fourth-order valence-electron chi connectivity index (χ4n) is 5.48. The Morgan fingerprint density at radius 3 is 2.60 bits per heavy atom. The molecule has 0 fully saturated rings. The van der Waals surface area contributed by atoms with Crippen molar-refractivity contribution in [2.45, 2.75) is 33.2 Å². The summed E-state index contributed by atoms with van der Waals surface area (Å²) in [5.41, 5.74) is 12.8. The van der Waals surface area contributed by atoms with Gasteiger partial charge in [-0.2, -0.15) is 0 Å². The molecule has 0 bridgehead atoms. The highest BCUT2D eigenvalue weighted by molar-refractivity contribution is 6.18. The first kappa shape index (κ1) is 21.5. The topological polar surface area (TPSA) is 65.8 Å². The molecule has 0 aliphatic carbocycles. The number of carbonyl (C=O) groups excluding carboxylic acids is 1. The van der Waals surface area contributed by atoms with E-state index in [9.17, 15) is 13.6 Å². The summed E-state index contributed by atoms with van der Waals surface area (Å²) in [4.78, 5) is 18.3. The van der Waals surface area contributed by atoms with Gasteiger partial charge in [0.05, 0.1) is 16.6 Å². The van der Waals surface area contributed by atoms with E-state index in [1.165, 1.54) is 5.56 Å². The summed E-state index contributed by atoms with van der Waals surface area (Å²) in [6, 6.07) is 10.1. The molecule has 176 valence electrons. The third-order valence-corrected chi connectivity index (χ3v) is 7.28. The normalized spacial score (nSPS) is 13.2. The third-order valence-electron chi connectivity index (χ3n) is 7.28. The first-order valence-electron chi connectivity index (χ1n) is 11.6. The van der Waals surface area contributed by atoms with Gasteiger partial charge in [0.15, 0.2) is 5.78 Å². The second kappa shape index (κ2) is 7.50. The number of para-hydroxylation sites is 1. The Morgan fingerprint density at radius 1 is 1.11 bits per heavy atom. The van der Waals surface area contributed by atoms with Gasteiger partial charge in [0.1, 0.15) is 23.1 Å². The summed E-state index contributed by atoms with van der Waals surface area (Å²) in [5.74, 6) is -1.34. The number of nitrogens with zero attached hydrogens (tertiary/aromatic N) is 3. The van der Waals surface area contributed by atoms with Gasteiger partial charge in [0.25, 0.3) is 0 Å². The molecule has 0 radical (unpaired) electrons. The van der Waals surface area contributed by atoms with Crippen molar-refractivity contribution in [2.24, 2.45) is 7.05 Å². The van der Waals surface area contributed by atoms with Gasteiger partial charge in [-0.05, 0) is 61.6 Å². The minimum Gasteiger partial charge on any atom is -0.394 e. The number of aryl methyl sites for hydroxylation is 5. The highest BCUT2D eigenvalue weighted by Gasteiger charge is 2.25. The molecular formula is C28H24F2N4O. The number of hydrogen-bond donors (Lipinski definition) is 1. The van der Waals surface area contributed by atoms with Crippen LogP contribution in [0.5, 0.6) is 0 Å². The van der Waals surface area contributed by atoms with E-state index < -0.39 is 23.1 Å². The van der Waals surface area contributed by atoms with Crippen LogP contribution >= 0.6 is 0 Å². The number of ketones is 1. The van der Waals surface area contributed by atoms with Crippen molar-refractivity contribution >= 4 is 33.4 Å². The van der Waals surface area contributed by atoms with E-state index in [2.05, 4.69) is 28.2 Å². The first-order valence-corrected chi connectivity index (χ1v) is 11.6. The second-order valence-corrected chi connectivity index (χ2v) is 9.36. The maximum absolute atomic E-state index is 14.1. The third kappa shape index (κ3) is 3.04. The van der Waals surface area contributed by atoms with Crippen LogP contribution in [-0.2, 0) is 20.0 Å². The van der Waals surface area contributed by atoms with Crippen LogP contribution < -0.4 is 5.73 Å². The van der Waals surface area contributed by atoms with Gasteiger partial charge >= 0.3 is 0 Å². The monoisotopic (exact) mass is 470 g/mol. The molecule has 1 aliphatic rings. The molecule has 35 heavy (non-hydrogen) atoms. The van der Waals surface area contributed by atoms with Crippen LogP contribution in [0, 0.1) is 25.5 Å². The van der Waals surface area contributed by atoms with Gasteiger partial charge in [-0.15, -0.1) is 0 Å². The Labute approximate surface area is 200 Å². The van der Waals surface area contributed by atoms with Gasteiger partial charge in [-0.3, -0.25) is 4.79 Å². The number of anilines is 1. The molecule has 0 atom stereocenters. The quantitative estimate of drug-likeness (QED) is 0.260. The lowest BCUT2D eigenvalue weighted by atomic mass is 9.89. The van der Waals surface area contributed by atoms with E-state index in [-0.39, 0.29) is 5.56 Å². The molecule has 0 saturated carbocycles. The number of fused-ring (bicyclic) bond motifs is 4. The van der Waals surface area contributed by atoms with E-state index in [1.54, 1.807) is 0 Å². The fourth-order valence-corrected chi connectivity index (χ4v) is 5.48. The molecule has 3 aromatic carbocycles. The zero-order valence-electron chi connectivity index (χ0n) is 19.7. The van der Waals surface area contributed by atoms with Crippen molar-refractivity contribution in [1.82, 2.24) is 14.1 Å². The van der Waals surface area contributed by atoms with Crippen LogP contribution in [0.4, 0.5) is 14.5 Å². The number of nitrogen functional groups attached to an aromatic ring is 1. The molecule has 0 amide bonds. The smallest absolute Gasteiger partial charge is 0.195 e. The van der Waals surface area contributed by atoms with E-state index in [0.29, 0.717) is 12.1 Å². The van der Waals surface area contributed by atoms with Crippen molar-refractivity contribution in [1.29, 1.82) is 0 Å². The number of nitrogens with two attached hydrogens (primary N) is 1. The van der Waals surface area contributed by atoms with Crippen molar-refractivity contribution < 1.29 is 13.6 Å². The van der Waals surface area contributed by atoms with Gasteiger partial charge in [0, 0.05) is 41.9 Å². The number of hydrogen-bond acceptors (Lipinski definition) is 3. The van der Waals surface area contributed by atoms with Crippen LogP contribution in [-0.4, -0.2) is 19.9 Å². The Balaban J connectivity index is 1.62. The number of benzene rings is 3. The van der Waals surface area contributed by atoms with Crippen molar-refractivity contribution in [3.8, 4) is 11.1 Å². The standard InChI is InChI=1S/C28H24F2N4O/c1-14-10-23-26(32-15(2)33(23)3)18-8-5-9-34-13-20(17-6-4-7-19(24(14)18)27(17)34)28(35)16-11-21(29)25(31)22(30)12-16/h4,6-7,10-13H,5,8-9,31H2,1-3H3. The Kier molecular flexibility index (Phi) is 4.61. The van der Waals surface area contributed by atoms with Crippen molar-refractivity contribution in [3.63, 3.8) is 0 Å². The summed E-state index contributed by atoms with van der Waals surface area (Å²) >= 11 is 0. The van der Waals surface area contributed by atoms with Gasteiger partial charge in [-0.1, -0.05) is 18.2 Å². The molecule has 5 aromatic rings. The molecule has 0 unspecified atom stereocenters. The van der Waals surface area contributed by atoms with Crippen LogP contribution in [0.25, 0.3) is 33.1 Å². The van der Waals surface area contributed by atoms with Crippen LogP contribution in [0.3, 0.4) is 0 Å². The number of rotatable bonds is 2. The maximum atomic E-state index is 14.1. The molecule has 0 saturated heterocycles. The first-order chi connectivity index (χ1) is 16.8. The summed E-state index contributed by atoms with van der Waals surface area (Å²) in [6.07, 6.45) is 3.54. The average Bonchev–Trinajstić information content (AvgIpc) is 3.33. The van der Waals surface area contributed by atoms with Gasteiger partial charge in [-0.25, -0.2) is 13.8 Å². The zero-order chi connectivity index (χ0) is 24.6. The molecule has 5 nitrogen and oxygen atoms in total. The van der Waals surface area contributed by atoms with E-state index in [4.69, 9.17) is 10.7 Å². The number of imidazole rings is 1. The summed E-state index contributed by atoms with van der Waals surface area (Å²) in [6.45, 7) is 4.84. The molecule has 6 rings (SSSR count). The number of carbonyl (C=O) groups is 1. The lowest BCUT2D eigenvalue weighted by Gasteiger charge is -2.20. The summed E-state index contributed by atoms with van der Waals surface area (Å²) in [5, 5.41) is 0.759. The predicted molar refractivity (Wildman–Crippen MR) is 134 cm³/mol. The van der Waals surface area contributed by atoms with Gasteiger partial charge < -0.3 is 14.9 Å². The molecule has 2 N–H and O–H groups in total. The Morgan fingerprint density at radius 2 is 1.86 bits per heavy atom. The number of halogens is 2. The van der Waals surface area contributed by atoms with E-state index >= 15 is 0 Å². The highest BCUT2D eigenvalue weighted by atomic mass is 19.1. The molecule has 1 aliphatic heterocycles. The molecular weight excluding hydrogens is 446 g/mol. The van der Waals surface area contributed by atoms with E-state index in [1.807, 2.05) is 32.3 Å². The summed E-state index contributed by atoms with van der Waals surface area (Å²) in [7, 11) is 2.03. The average molecular weight is 471 g/mol. The predicted octanol–water partition coefficient (Wildman–Crippen LogP) is 5.85. The largest absolute Gasteiger partial charge is 0.394 e. The fraction of sp³-hybridized carbons (Fsp3) is 0.214. The minimum absolute atomic E-state index is 0.0595. The molecule has 0 spiro atoms. The van der Waals surface area contributed by atoms with Crippen LogP contribution in [0.2, 0.25) is 0 Å². The van der Waals surface area contributed by atoms with Crippen LogP contribution in [0.15, 0.2) is 42.6 Å². The molecule has 3 heterocycles. The molecule has 2 aromatic heterocycles. The zero-order valence-corrected chi connectivity index (χ0v) is 19.7. The Bertz CT molecular complexity index is 1690. The second-order valence-electron chi connectivity index (χ2n) is 9.36. The lowest BCUT2D eigenvalue weighted by Crippen LogP contribution is -2.06. The van der Waals surface area contributed by atoms with Crippen molar-refractivity contribution in [2.75, 3.05) is 5.73 Å². The number of aromatic nitrogens is 3. The summed E-state index contributed by atoms with van der Waals surface area (Å²) < 4.78 is 32.5. The Hall–Kier alpha value is -4.00.